The van der Waals surface area contributed by atoms with Crippen LogP contribution in [0, 0.1) is 5.82 Å². The van der Waals surface area contributed by atoms with E-state index >= 15 is 0 Å². The number of hydrogen-bond acceptors (Lipinski definition) is 4. The fourth-order valence-electron chi connectivity index (χ4n) is 2.25. The molecule has 0 bridgehead atoms. The number of anilines is 1. The van der Waals surface area contributed by atoms with Crippen LogP contribution < -0.4 is 14.8 Å². The molecule has 0 unspecified atom stereocenters. The van der Waals surface area contributed by atoms with Gasteiger partial charge in [0.25, 0.3) is 0 Å². The summed E-state index contributed by atoms with van der Waals surface area (Å²) in [5.74, 6) is 1.76. The van der Waals surface area contributed by atoms with Crippen LogP contribution in [0.4, 0.5) is 10.1 Å². The summed E-state index contributed by atoms with van der Waals surface area (Å²) in [6, 6.07) is 11.6. The highest BCUT2D eigenvalue weighted by Gasteiger charge is 2.11. The minimum absolute atomic E-state index is 0.0940. The molecule has 0 saturated carbocycles. The first kappa shape index (κ1) is 16.6. The lowest BCUT2D eigenvalue weighted by atomic mass is 10.3. The summed E-state index contributed by atoms with van der Waals surface area (Å²) in [5.41, 5.74) is 0.599. The lowest BCUT2D eigenvalue weighted by Crippen LogP contribution is -2.12. The molecule has 3 rings (SSSR count). The smallest absolute Gasteiger partial charge is 0.225 e. The first-order valence-corrected chi connectivity index (χ1v) is 8.77. The predicted octanol–water partition coefficient (Wildman–Crippen LogP) is 4.11. The molecule has 1 amide bonds. The second-order valence-corrected chi connectivity index (χ2v) is 6.48. The van der Waals surface area contributed by atoms with Crippen LogP contribution in [-0.4, -0.2) is 24.9 Å². The fraction of sp³-hybridized carbons (Fsp3) is 0.278. The molecule has 0 radical (unpaired) electrons. The van der Waals surface area contributed by atoms with Crippen LogP contribution in [0.3, 0.4) is 0 Å². The maximum absolute atomic E-state index is 12.8. The van der Waals surface area contributed by atoms with Crippen LogP contribution in [0.1, 0.15) is 12.8 Å². The van der Waals surface area contributed by atoms with E-state index in [0.29, 0.717) is 31.1 Å². The van der Waals surface area contributed by atoms with Crippen molar-refractivity contribution < 1.29 is 18.7 Å². The van der Waals surface area contributed by atoms with E-state index in [1.165, 1.54) is 12.1 Å². The normalized spacial score (nSPS) is 13.2. The molecule has 0 saturated heterocycles. The Hall–Kier alpha value is -2.21. The van der Waals surface area contributed by atoms with E-state index in [1.807, 2.05) is 18.2 Å². The Morgan fingerprint density at radius 1 is 1.08 bits per heavy atom. The molecular formula is C18H18FNO3S. The van der Waals surface area contributed by atoms with E-state index < -0.39 is 0 Å². The number of carbonyl (C=O) groups excluding carboxylic acids is 1. The molecule has 0 aliphatic carbocycles. The van der Waals surface area contributed by atoms with E-state index in [-0.39, 0.29) is 11.7 Å². The van der Waals surface area contributed by atoms with Crippen LogP contribution >= 0.6 is 11.8 Å². The topological polar surface area (TPSA) is 47.6 Å². The number of amides is 1. The minimum Gasteiger partial charge on any atom is -0.490 e. The van der Waals surface area contributed by atoms with Crippen LogP contribution in [-0.2, 0) is 4.79 Å². The predicted molar refractivity (Wildman–Crippen MR) is 92.4 cm³/mol. The summed E-state index contributed by atoms with van der Waals surface area (Å²) < 4.78 is 24.1. The molecule has 1 heterocycles. The minimum atomic E-state index is -0.321. The molecule has 1 aliphatic heterocycles. The zero-order valence-electron chi connectivity index (χ0n) is 13.1. The third kappa shape index (κ3) is 4.64. The SMILES string of the molecule is O=C(CCSc1ccc2c(c1)OCCCO2)Nc1ccc(F)cc1. The molecule has 24 heavy (non-hydrogen) atoms. The zero-order valence-corrected chi connectivity index (χ0v) is 13.9. The van der Waals surface area contributed by atoms with E-state index in [0.717, 1.165) is 22.8 Å². The Balaban J connectivity index is 1.48. The summed E-state index contributed by atoms with van der Waals surface area (Å²) >= 11 is 1.58. The molecule has 0 atom stereocenters. The van der Waals surface area contributed by atoms with E-state index in [9.17, 15) is 9.18 Å². The van der Waals surface area contributed by atoms with E-state index in [2.05, 4.69) is 5.32 Å². The monoisotopic (exact) mass is 347 g/mol. The third-order valence-electron chi connectivity index (χ3n) is 3.44. The van der Waals surface area contributed by atoms with Gasteiger partial charge in [-0.3, -0.25) is 4.79 Å². The molecule has 4 nitrogen and oxygen atoms in total. The van der Waals surface area contributed by atoms with Gasteiger partial charge in [-0.1, -0.05) is 0 Å². The van der Waals surface area contributed by atoms with Gasteiger partial charge in [0.2, 0.25) is 5.91 Å². The molecule has 0 fully saturated rings. The van der Waals surface area contributed by atoms with Gasteiger partial charge in [0, 0.05) is 29.2 Å². The van der Waals surface area contributed by atoms with Crippen LogP contribution in [0.15, 0.2) is 47.4 Å². The van der Waals surface area contributed by atoms with Gasteiger partial charge >= 0.3 is 0 Å². The summed E-state index contributed by atoms with van der Waals surface area (Å²) in [6.45, 7) is 1.32. The summed E-state index contributed by atoms with van der Waals surface area (Å²) in [7, 11) is 0. The van der Waals surface area contributed by atoms with Crippen molar-refractivity contribution in [3.05, 3.63) is 48.3 Å². The third-order valence-corrected chi connectivity index (χ3v) is 4.44. The lowest BCUT2D eigenvalue weighted by Gasteiger charge is -2.09. The Morgan fingerprint density at radius 3 is 2.62 bits per heavy atom. The quantitative estimate of drug-likeness (QED) is 0.827. The number of halogens is 1. The van der Waals surface area contributed by atoms with Gasteiger partial charge in [-0.05, 0) is 42.5 Å². The highest BCUT2D eigenvalue weighted by atomic mass is 32.2. The molecule has 6 heteroatoms. The van der Waals surface area contributed by atoms with Gasteiger partial charge < -0.3 is 14.8 Å². The maximum atomic E-state index is 12.8. The Bertz CT molecular complexity index is 706. The van der Waals surface area contributed by atoms with Crippen molar-refractivity contribution in [2.45, 2.75) is 17.7 Å². The lowest BCUT2D eigenvalue weighted by molar-refractivity contribution is -0.115. The zero-order chi connectivity index (χ0) is 16.8. The van der Waals surface area contributed by atoms with Gasteiger partial charge in [0.05, 0.1) is 13.2 Å². The Morgan fingerprint density at radius 2 is 1.83 bits per heavy atom. The van der Waals surface area contributed by atoms with Gasteiger partial charge in [0.1, 0.15) is 5.82 Å². The highest BCUT2D eigenvalue weighted by molar-refractivity contribution is 7.99. The molecule has 2 aromatic carbocycles. The summed E-state index contributed by atoms with van der Waals surface area (Å²) in [6.07, 6.45) is 1.25. The Kier molecular flexibility index (Phi) is 5.59. The van der Waals surface area contributed by atoms with Crippen molar-refractivity contribution in [3.8, 4) is 11.5 Å². The van der Waals surface area contributed by atoms with Gasteiger partial charge in [0.15, 0.2) is 11.5 Å². The van der Waals surface area contributed by atoms with Crippen LogP contribution in [0.2, 0.25) is 0 Å². The number of hydrogen-bond donors (Lipinski definition) is 1. The first-order chi connectivity index (χ1) is 11.7. The second-order valence-electron chi connectivity index (χ2n) is 5.31. The van der Waals surface area contributed by atoms with Crippen LogP contribution in [0.5, 0.6) is 11.5 Å². The molecular weight excluding hydrogens is 329 g/mol. The number of carbonyl (C=O) groups is 1. The van der Waals surface area contributed by atoms with Crippen molar-refractivity contribution in [1.82, 2.24) is 0 Å². The molecule has 0 spiro atoms. The number of nitrogens with one attached hydrogen (secondary N) is 1. The van der Waals surface area contributed by atoms with Crippen molar-refractivity contribution in [2.24, 2.45) is 0 Å². The number of benzene rings is 2. The van der Waals surface area contributed by atoms with Crippen molar-refractivity contribution in [1.29, 1.82) is 0 Å². The molecule has 0 aromatic heterocycles. The van der Waals surface area contributed by atoms with Crippen molar-refractivity contribution in [2.75, 3.05) is 24.3 Å². The summed E-state index contributed by atoms with van der Waals surface area (Å²) in [5, 5.41) is 2.75. The number of fused-ring (bicyclic) bond motifs is 1. The molecule has 126 valence electrons. The number of thioether (sulfide) groups is 1. The average molecular weight is 347 g/mol. The maximum Gasteiger partial charge on any atom is 0.225 e. The first-order valence-electron chi connectivity index (χ1n) is 7.78. The Labute approximate surface area is 144 Å². The van der Waals surface area contributed by atoms with Crippen LogP contribution in [0.25, 0.3) is 0 Å². The standard InChI is InChI=1S/C18H18FNO3S/c19-13-2-4-14(5-3-13)20-18(21)8-11-24-15-6-7-16-17(12-15)23-10-1-9-22-16/h2-7,12H,1,8-11H2,(H,20,21). The number of ether oxygens (including phenoxy) is 2. The van der Waals surface area contributed by atoms with E-state index in [4.69, 9.17) is 9.47 Å². The highest BCUT2D eigenvalue weighted by Crippen LogP contribution is 2.34. The summed E-state index contributed by atoms with van der Waals surface area (Å²) in [4.78, 5) is 12.9. The van der Waals surface area contributed by atoms with E-state index in [1.54, 1.807) is 23.9 Å². The largest absolute Gasteiger partial charge is 0.490 e. The van der Waals surface area contributed by atoms with Gasteiger partial charge in [-0.15, -0.1) is 11.8 Å². The second kappa shape index (κ2) is 8.06. The fourth-order valence-corrected chi connectivity index (χ4v) is 3.13. The number of rotatable bonds is 5. The van der Waals surface area contributed by atoms with Gasteiger partial charge in [-0.2, -0.15) is 0 Å². The van der Waals surface area contributed by atoms with Crippen molar-refractivity contribution >= 4 is 23.4 Å². The molecule has 2 aromatic rings. The molecule has 1 N–H and O–H groups in total. The molecule has 1 aliphatic rings. The van der Waals surface area contributed by atoms with Crippen molar-refractivity contribution in [3.63, 3.8) is 0 Å². The average Bonchev–Trinajstić information content (AvgIpc) is 2.82. The van der Waals surface area contributed by atoms with Gasteiger partial charge in [-0.25, -0.2) is 4.39 Å².